The summed E-state index contributed by atoms with van der Waals surface area (Å²) in [6, 6.07) is 5.50. The summed E-state index contributed by atoms with van der Waals surface area (Å²) in [5, 5.41) is 3.59. The van der Waals surface area contributed by atoms with E-state index in [9.17, 15) is 0 Å². The Bertz CT molecular complexity index is 368. The van der Waals surface area contributed by atoms with Crippen molar-refractivity contribution in [3.63, 3.8) is 0 Å². The quantitative estimate of drug-likeness (QED) is 0.714. The molecule has 18 heavy (non-hydrogen) atoms. The summed E-state index contributed by atoms with van der Waals surface area (Å²) < 4.78 is 0. The Morgan fingerprint density at radius 2 is 1.67 bits per heavy atom. The van der Waals surface area contributed by atoms with E-state index in [2.05, 4.69) is 38.2 Å². The van der Waals surface area contributed by atoms with Gasteiger partial charge < -0.3 is 5.32 Å². The normalized spacial score (nSPS) is 15.1. The molecular formula is C17H27N. The lowest BCUT2D eigenvalue weighted by molar-refractivity contribution is 0.599. The van der Waals surface area contributed by atoms with Crippen LogP contribution in [0.1, 0.15) is 54.4 Å². The first-order valence-electron chi connectivity index (χ1n) is 7.47. The van der Waals surface area contributed by atoms with Crippen molar-refractivity contribution in [2.75, 3.05) is 6.54 Å². The molecule has 100 valence electrons. The van der Waals surface area contributed by atoms with E-state index in [-0.39, 0.29) is 0 Å². The molecule has 1 nitrogen and oxygen atoms in total. The van der Waals surface area contributed by atoms with Gasteiger partial charge in [0.25, 0.3) is 0 Å². The van der Waals surface area contributed by atoms with Gasteiger partial charge in [0.15, 0.2) is 0 Å². The molecule has 0 spiro atoms. The number of unbranched alkanes of at least 4 members (excludes halogenated alkanes) is 2. The third kappa shape index (κ3) is 4.13. The summed E-state index contributed by atoms with van der Waals surface area (Å²) >= 11 is 0. The van der Waals surface area contributed by atoms with Crippen molar-refractivity contribution in [2.24, 2.45) is 0 Å². The number of rotatable bonds is 7. The third-order valence-electron chi connectivity index (χ3n) is 3.95. The Morgan fingerprint density at radius 3 is 2.28 bits per heavy atom. The van der Waals surface area contributed by atoms with Gasteiger partial charge in [0.2, 0.25) is 0 Å². The molecule has 0 saturated heterocycles. The average molecular weight is 245 g/mol. The van der Waals surface area contributed by atoms with Gasteiger partial charge in [-0.2, -0.15) is 0 Å². The van der Waals surface area contributed by atoms with Gasteiger partial charge in [-0.3, -0.25) is 0 Å². The van der Waals surface area contributed by atoms with E-state index in [1.54, 1.807) is 5.56 Å². The van der Waals surface area contributed by atoms with Crippen molar-refractivity contribution in [2.45, 2.75) is 65.3 Å². The van der Waals surface area contributed by atoms with Gasteiger partial charge >= 0.3 is 0 Å². The molecular weight excluding hydrogens is 218 g/mol. The fourth-order valence-corrected chi connectivity index (χ4v) is 2.80. The fraction of sp³-hybridized carbons (Fsp3) is 0.647. The second-order valence-electron chi connectivity index (χ2n) is 5.92. The molecule has 1 aromatic rings. The zero-order valence-corrected chi connectivity index (χ0v) is 12.2. The maximum atomic E-state index is 3.59. The first kappa shape index (κ1) is 13.6. The molecule has 1 aromatic carbocycles. The molecule has 1 saturated carbocycles. The SMILES string of the molecule is Cc1cc(C)c(CCCCCNC2CC2)c(C)c1. The zero-order chi connectivity index (χ0) is 13.0. The summed E-state index contributed by atoms with van der Waals surface area (Å²) in [7, 11) is 0. The molecule has 0 atom stereocenters. The van der Waals surface area contributed by atoms with Crippen LogP contribution in [0.4, 0.5) is 0 Å². The van der Waals surface area contributed by atoms with Crippen molar-refractivity contribution in [1.29, 1.82) is 0 Å². The van der Waals surface area contributed by atoms with Crippen molar-refractivity contribution in [3.05, 3.63) is 34.4 Å². The fourth-order valence-electron chi connectivity index (χ4n) is 2.80. The van der Waals surface area contributed by atoms with Crippen LogP contribution < -0.4 is 5.32 Å². The summed E-state index contributed by atoms with van der Waals surface area (Å²) in [4.78, 5) is 0. The highest BCUT2D eigenvalue weighted by Gasteiger charge is 2.19. The molecule has 2 rings (SSSR count). The summed E-state index contributed by atoms with van der Waals surface area (Å²) in [5.74, 6) is 0. The van der Waals surface area contributed by atoms with Crippen LogP contribution in [-0.2, 0) is 6.42 Å². The Morgan fingerprint density at radius 1 is 1.00 bits per heavy atom. The van der Waals surface area contributed by atoms with Crippen molar-refractivity contribution in [1.82, 2.24) is 5.32 Å². The monoisotopic (exact) mass is 245 g/mol. The molecule has 0 bridgehead atoms. The lowest BCUT2D eigenvalue weighted by Crippen LogP contribution is -2.17. The summed E-state index contributed by atoms with van der Waals surface area (Å²) in [6.45, 7) is 7.91. The van der Waals surface area contributed by atoms with Crippen LogP contribution in [0.3, 0.4) is 0 Å². The molecule has 1 aliphatic carbocycles. The van der Waals surface area contributed by atoms with Gasteiger partial charge in [-0.25, -0.2) is 0 Å². The standard InChI is InChI=1S/C17H27N/c1-13-11-14(2)17(15(3)12-13)7-5-4-6-10-18-16-8-9-16/h11-12,16,18H,4-10H2,1-3H3. The summed E-state index contributed by atoms with van der Waals surface area (Å²) in [5.41, 5.74) is 5.92. The minimum Gasteiger partial charge on any atom is -0.314 e. The molecule has 0 heterocycles. The van der Waals surface area contributed by atoms with E-state index in [4.69, 9.17) is 0 Å². The van der Waals surface area contributed by atoms with Gasteiger partial charge in [0.05, 0.1) is 0 Å². The minimum absolute atomic E-state index is 0.867. The van der Waals surface area contributed by atoms with Crippen LogP contribution in [0, 0.1) is 20.8 Å². The van der Waals surface area contributed by atoms with Crippen LogP contribution in [0.15, 0.2) is 12.1 Å². The predicted octanol–water partition coefficient (Wildman–Crippen LogP) is 4.08. The molecule has 0 amide bonds. The Kier molecular flexibility index (Phi) is 4.82. The van der Waals surface area contributed by atoms with Gasteiger partial charge in [0.1, 0.15) is 0 Å². The zero-order valence-electron chi connectivity index (χ0n) is 12.2. The molecule has 0 aliphatic heterocycles. The largest absolute Gasteiger partial charge is 0.314 e. The molecule has 1 heteroatoms. The predicted molar refractivity (Wildman–Crippen MR) is 79.2 cm³/mol. The highest BCUT2D eigenvalue weighted by Crippen LogP contribution is 2.20. The number of aryl methyl sites for hydroxylation is 3. The van der Waals surface area contributed by atoms with E-state index >= 15 is 0 Å². The van der Waals surface area contributed by atoms with Gasteiger partial charge in [-0.05, 0) is 76.1 Å². The number of hydrogen-bond donors (Lipinski definition) is 1. The van der Waals surface area contributed by atoms with Crippen LogP contribution in [0.25, 0.3) is 0 Å². The maximum absolute atomic E-state index is 3.59. The Balaban J connectivity index is 1.68. The van der Waals surface area contributed by atoms with Gasteiger partial charge in [0, 0.05) is 6.04 Å². The van der Waals surface area contributed by atoms with Crippen LogP contribution >= 0.6 is 0 Å². The van der Waals surface area contributed by atoms with Gasteiger partial charge in [-0.15, -0.1) is 0 Å². The second kappa shape index (κ2) is 6.38. The maximum Gasteiger partial charge on any atom is 0.00682 e. The number of hydrogen-bond acceptors (Lipinski definition) is 1. The van der Waals surface area contributed by atoms with E-state index < -0.39 is 0 Å². The second-order valence-corrected chi connectivity index (χ2v) is 5.92. The summed E-state index contributed by atoms with van der Waals surface area (Å²) in [6.07, 6.45) is 8.08. The first-order chi connectivity index (χ1) is 8.66. The molecule has 1 aliphatic rings. The van der Waals surface area contributed by atoms with Crippen LogP contribution in [0.2, 0.25) is 0 Å². The van der Waals surface area contributed by atoms with E-state index in [1.807, 2.05) is 0 Å². The third-order valence-corrected chi connectivity index (χ3v) is 3.95. The Labute approximate surface area is 112 Å². The van der Waals surface area contributed by atoms with E-state index in [1.165, 1.54) is 61.8 Å². The first-order valence-corrected chi connectivity index (χ1v) is 7.47. The Hall–Kier alpha value is -0.820. The number of benzene rings is 1. The lowest BCUT2D eigenvalue weighted by Gasteiger charge is -2.11. The smallest absolute Gasteiger partial charge is 0.00682 e. The molecule has 0 aromatic heterocycles. The van der Waals surface area contributed by atoms with Crippen molar-refractivity contribution >= 4 is 0 Å². The van der Waals surface area contributed by atoms with Gasteiger partial charge in [-0.1, -0.05) is 24.1 Å². The average Bonchev–Trinajstić information content (AvgIpc) is 3.09. The lowest BCUT2D eigenvalue weighted by atomic mass is 9.95. The van der Waals surface area contributed by atoms with Crippen molar-refractivity contribution in [3.8, 4) is 0 Å². The molecule has 1 fully saturated rings. The van der Waals surface area contributed by atoms with Crippen LogP contribution in [0.5, 0.6) is 0 Å². The highest BCUT2D eigenvalue weighted by molar-refractivity contribution is 5.37. The minimum atomic E-state index is 0.867. The molecule has 0 radical (unpaired) electrons. The van der Waals surface area contributed by atoms with E-state index in [0.29, 0.717) is 0 Å². The topological polar surface area (TPSA) is 12.0 Å². The van der Waals surface area contributed by atoms with E-state index in [0.717, 1.165) is 6.04 Å². The van der Waals surface area contributed by atoms with Crippen molar-refractivity contribution < 1.29 is 0 Å². The highest BCUT2D eigenvalue weighted by atomic mass is 14.9. The number of nitrogens with one attached hydrogen (secondary N) is 1. The molecule has 0 unspecified atom stereocenters. The van der Waals surface area contributed by atoms with Crippen LogP contribution in [-0.4, -0.2) is 12.6 Å². The molecule has 1 N–H and O–H groups in total.